The summed E-state index contributed by atoms with van der Waals surface area (Å²) in [5.74, 6) is 0.378. The van der Waals surface area contributed by atoms with Crippen LogP contribution in [0.4, 0.5) is 0 Å². The van der Waals surface area contributed by atoms with Crippen molar-refractivity contribution in [3.8, 4) is 5.75 Å². The van der Waals surface area contributed by atoms with Crippen LogP contribution in [0.2, 0.25) is 0 Å². The second-order valence-electron chi connectivity index (χ2n) is 7.28. The Morgan fingerprint density at radius 2 is 1.15 bits per heavy atom. The third-order valence-electron chi connectivity index (χ3n) is 4.91. The third kappa shape index (κ3) is 13.3. The Balaban J connectivity index is 1.87. The predicted molar refractivity (Wildman–Crippen MR) is 110 cm³/mol. The van der Waals surface area contributed by atoms with Gasteiger partial charge in [-0.3, -0.25) is 0 Å². The van der Waals surface area contributed by atoms with Crippen LogP contribution in [0.15, 0.2) is 24.3 Å². The average Bonchev–Trinajstić information content (AvgIpc) is 2.63. The van der Waals surface area contributed by atoms with Gasteiger partial charge in [-0.2, -0.15) is 0 Å². The lowest BCUT2D eigenvalue weighted by molar-refractivity contribution is 0.440. The van der Waals surface area contributed by atoms with E-state index in [4.69, 9.17) is 0 Å². The number of benzene rings is 1. The van der Waals surface area contributed by atoms with Gasteiger partial charge in [-0.1, -0.05) is 103 Å². The monoisotopic (exact) mass is 381 g/mol. The van der Waals surface area contributed by atoms with Gasteiger partial charge in [-0.15, -0.1) is 0 Å². The highest BCUT2D eigenvalue weighted by Crippen LogP contribution is 2.16. The molecule has 1 rings (SSSR count). The number of hydrogen-bond donors (Lipinski definition) is 0. The Morgan fingerprint density at radius 1 is 0.731 bits per heavy atom. The quantitative estimate of drug-likeness (QED) is 0.218. The molecule has 150 valence electrons. The van der Waals surface area contributed by atoms with Gasteiger partial charge in [-0.05, 0) is 30.5 Å². The van der Waals surface area contributed by atoms with Crippen molar-refractivity contribution in [1.29, 1.82) is 0 Å². The van der Waals surface area contributed by atoms with Gasteiger partial charge >= 0.3 is 0 Å². The Kier molecular flexibility index (Phi) is 14.5. The zero-order valence-corrected chi connectivity index (χ0v) is 17.4. The van der Waals surface area contributed by atoms with E-state index < -0.39 is 11.4 Å². The lowest BCUT2D eigenvalue weighted by Gasteiger charge is -2.08. The molecule has 0 amide bonds. The highest BCUT2D eigenvalue weighted by Gasteiger charge is 1.98. The fourth-order valence-electron chi connectivity index (χ4n) is 3.31. The van der Waals surface area contributed by atoms with Crippen LogP contribution in [0, 0.1) is 0 Å². The standard InChI is InChI=1S/C22H38O3S/c1-2-3-4-5-6-7-8-9-10-11-12-13-14-15-16-21-17-19-22(20-18-21)25-26(23)24/h17-20H,2-16H2,1H3,(H,23,24)/p-1. The van der Waals surface area contributed by atoms with Crippen LogP contribution >= 0.6 is 0 Å². The van der Waals surface area contributed by atoms with E-state index in [1.807, 2.05) is 12.1 Å². The van der Waals surface area contributed by atoms with Crippen LogP contribution in [0.5, 0.6) is 5.75 Å². The highest BCUT2D eigenvalue weighted by atomic mass is 32.2. The summed E-state index contributed by atoms with van der Waals surface area (Å²) in [6.45, 7) is 2.27. The largest absolute Gasteiger partial charge is 0.740 e. The van der Waals surface area contributed by atoms with Crippen LogP contribution in [-0.4, -0.2) is 8.76 Å². The van der Waals surface area contributed by atoms with Gasteiger partial charge in [0.2, 0.25) is 0 Å². The molecule has 0 radical (unpaired) electrons. The summed E-state index contributed by atoms with van der Waals surface area (Å²) < 4.78 is 25.5. The molecule has 0 N–H and O–H groups in total. The van der Waals surface area contributed by atoms with Crippen molar-refractivity contribution in [3.05, 3.63) is 29.8 Å². The van der Waals surface area contributed by atoms with Crippen LogP contribution in [-0.2, 0) is 17.8 Å². The van der Waals surface area contributed by atoms with Crippen LogP contribution in [0.25, 0.3) is 0 Å². The smallest absolute Gasteiger partial charge is 0.139 e. The zero-order valence-electron chi connectivity index (χ0n) is 16.5. The van der Waals surface area contributed by atoms with E-state index in [2.05, 4.69) is 11.1 Å². The summed E-state index contributed by atoms with van der Waals surface area (Å²) >= 11 is -2.49. The first-order chi connectivity index (χ1) is 12.7. The topological polar surface area (TPSA) is 49.4 Å². The molecule has 0 aromatic heterocycles. The minimum atomic E-state index is -2.49. The third-order valence-corrected chi connectivity index (χ3v) is 5.24. The number of unbranched alkanes of at least 4 members (excludes halogenated alkanes) is 13. The molecular formula is C22H37O3S-. The summed E-state index contributed by atoms with van der Waals surface area (Å²) in [6.07, 6.45) is 20.3. The van der Waals surface area contributed by atoms with Gasteiger partial charge in [0.05, 0.1) is 0 Å². The molecule has 0 aliphatic rings. The molecule has 0 aliphatic heterocycles. The minimum Gasteiger partial charge on any atom is -0.740 e. The number of hydrogen-bond acceptors (Lipinski definition) is 3. The van der Waals surface area contributed by atoms with Gasteiger partial charge < -0.3 is 8.74 Å². The molecular weight excluding hydrogens is 344 g/mol. The fourth-order valence-corrected chi connectivity index (χ4v) is 3.58. The van der Waals surface area contributed by atoms with Gasteiger partial charge in [0.15, 0.2) is 0 Å². The fraction of sp³-hybridized carbons (Fsp3) is 0.727. The molecule has 0 heterocycles. The summed E-state index contributed by atoms with van der Waals surface area (Å²) in [5.41, 5.74) is 1.24. The number of aryl methyl sites for hydroxylation is 1. The molecule has 0 aliphatic carbocycles. The molecule has 1 aromatic carbocycles. The lowest BCUT2D eigenvalue weighted by atomic mass is 10.0. The van der Waals surface area contributed by atoms with Gasteiger partial charge in [0.25, 0.3) is 0 Å². The van der Waals surface area contributed by atoms with Gasteiger partial charge in [-0.25, -0.2) is 4.21 Å². The van der Waals surface area contributed by atoms with Gasteiger partial charge in [0.1, 0.15) is 17.1 Å². The zero-order chi connectivity index (χ0) is 18.9. The minimum absolute atomic E-state index is 0.378. The van der Waals surface area contributed by atoms with Crippen LogP contribution < -0.4 is 4.18 Å². The Bertz CT molecular complexity index is 459. The van der Waals surface area contributed by atoms with Crippen molar-refractivity contribution in [2.45, 2.75) is 103 Å². The molecule has 0 saturated carbocycles. The van der Waals surface area contributed by atoms with E-state index in [0.29, 0.717) is 5.75 Å². The molecule has 26 heavy (non-hydrogen) atoms. The molecule has 4 heteroatoms. The normalized spacial score (nSPS) is 12.2. The van der Waals surface area contributed by atoms with Crippen molar-refractivity contribution < 1.29 is 12.9 Å². The lowest BCUT2D eigenvalue weighted by Crippen LogP contribution is -1.97. The van der Waals surface area contributed by atoms with E-state index in [1.165, 1.54) is 95.5 Å². The first kappa shape index (κ1) is 23.2. The highest BCUT2D eigenvalue weighted by molar-refractivity contribution is 7.74. The maximum Gasteiger partial charge on any atom is 0.139 e. The second kappa shape index (κ2) is 16.3. The Hall–Kier alpha value is -0.870. The molecule has 0 spiro atoms. The second-order valence-corrected chi connectivity index (χ2v) is 7.85. The van der Waals surface area contributed by atoms with E-state index in [-0.39, 0.29) is 0 Å². The van der Waals surface area contributed by atoms with E-state index in [9.17, 15) is 8.76 Å². The summed E-state index contributed by atoms with van der Waals surface area (Å²) in [4.78, 5) is 0. The molecule has 3 nitrogen and oxygen atoms in total. The average molecular weight is 382 g/mol. The van der Waals surface area contributed by atoms with Crippen molar-refractivity contribution in [2.75, 3.05) is 0 Å². The number of rotatable bonds is 17. The van der Waals surface area contributed by atoms with Crippen molar-refractivity contribution in [3.63, 3.8) is 0 Å². The predicted octanol–water partition coefficient (Wildman–Crippen LogP) is 6.88. The van der Waals surface area contributed by atoms with E-state index in [1.54, 1.807) is 12.1 Å². The molecule has 1 aromatic rings. The van der Waals surface area contributed by atoms with Crippen LogP contribution in [0.3, 0.4) is 0 Å². The molecule has 0 saturated heterocycles. The van der Waals surface area contributed by atoms with E-state index in [0.717, 1.165) is 6.42 Å². The van der Waals surface area contributed by atoms with Crippen molar-refractivity contribution in [2.24, 2.45) is 0 Å². The van der Waals surface area contributed by atoms with Crippen molar-refractivity contribution in [1.82, 2.24) is 0 Å². The Morgan fingerprint density at radius 3 is 1.58 bits per heavy atom. The summed E-state index contributed by atoms with van der Waals surface area (Å²) in [7, 11) is 0. The van der Waals surface area contributed by atoms with Gasteiger partial charge in [0, 0.05) is 0 Å². The first-order valence-corrected chi connectivity index (χ1v) is 11.6. The maximum absolute atomic E-state index is 10.5. The molecule has 1 unspecified atom stereocenters. The summed E-state index contributed by atoms with van der Waals surface area (Å²) in [6, 6.07) is 7.33. The van der Waals surface area contributed by atoms with E-state index >= 15 is 0 Å². The molecule has 0 fully saturated rings. The SMILES string of the molecule is CCCCCCCCCCCCCCCCc1ccc(OS(=O)[O-])cc1. The van der Waals surface area contributed by atoms with Crippen molar-refractivity contribution >= 4 is 11.4 Å². The Labute approximate surface area is 163 Å². The molecule has 1 atom stereocenters. The van der Waals surface area contributed by atoms with Crippen LogP contribution in [0.1, 0.15) is 102 Å². The maximum atomic E-state index is 10.5. The molecule has 0 bridgehead atoms. The first-order valence-electron chi connectivity index (χ1n) is 10.6. The summed E-state index contributed by atoms with van der Waals surface area (Å²) in [5, 5.41) is 0.